The highest BCUT2D eigenvalue weighted by Crippen LogP contribution is 2.55. The molecule has 2 aliphatic carbocycles. The van der Waals surface area contributed by atoms with E-state index in [1.807, 2.05) is 0 Å². The van der Waals surface area contributed by atoms with E-state index in [0.29, 0.717) is 28.5 Å². The van der Waals surface area contributed by atoms with Crippen LogP contribution in [0.2, 0.25) is 0 Å². The molecule has 2 heteroatoms. The zero-order valence-electron chi connectivity index (χ0n) is 10.9. The van der Waals surface area contributed by atoms with Crippen LogP contribution in [0.15, 0.2) is 12.2 Å². The minimum Gasteiger partial charge on any atom is -0.298 e. The Bertz CT molecular complexity index is 325. The summed E-state index contributed by atoms with van der Waals surface area (Å²) in [6.45, 7) is 8.60. The number of rotatable bonds is 2. The molecule has 2 saturated carbocycles. The number of alkyl halides is 1. The molecule has 0 heterocycles. The lowest BCUT2D eigenvalue weighted by atomic mass is 9.54. The van der Waals surface area contributed by atoms with E-state index in [0.717, 1.165) is 31.1 Å². The number of halogens is 1. The van der Waals surface area contributed by atoms with E-state index in [2.05, 4.69) is 20.4 Å². The SMILES string of the molecule is C=C(C=O)[C@@H]1CC[C@@]2(C)CC[C@@H](Cl)[C@@H](C)[C@@H]2C1. The summed E-state index contributed by atoms with van der Waals surface area (Å²) >= 11 is 6.42. The standard InChI is InChI=1S/C15H23ClO/c1-10(9-17)12-4-6-15(3)7-5-14(16)11(2)13(15)8-12/h9,11-14H,1,4-8H2,2-3H3/t11-,12+,13-,14+,15-/m0/s1. The van der Waals surface area contributed by atoms with Gasteiger partial charge in [-0.2, -0.15) is 0 Å². The maximum Gasteiger partial charge on any atom is 0.145 e. The van der Waals surface area contributed by atoms with Crippen LogP contribution in [0.5, 0.6) is 0 Å². The molecular formula is C15H23ClO. The lowest BCUT2D eigenvalue weighted by Crippen LogP contribution is -2.45. The highest BCUT2D eigenvalue weighted by molar-refractivity contribution is 6.20. The number of hydrogen-bond acceptors (Lipinski definition) is 1. The van der Waals surface area contributed by atoms with Gasteiger partial charge in [0.15, 0.2) is 0 Å². The molecule has 0 radical (unpaired) electrons. The second-order valence-electron chi connectivity index (χ2n) is 6.34. The molecule has 96 valence electrons. The van der Waals surface area contributed by atoms with Gasteiger partial charge in [0.2, 0.25) is 0 Å². The Kier molecular flexibility index (Phi) is 3.68. The van der Waals surface area contributed by atoms with Gasteiger partial charge in [-0.05, 0) is 60.8 Å². The van der Waals surface area contributed by atoms with Gasteiger partial charge in [-0.3, -0.25) is 4.79 Å². The predicted molar refractivity (Wildman–Crippen MR) is 72.2 cm³/mol. The molecule has 0 aromatic rings. The molecule has 0 unspecified atom stereocenters. The molecule has 0 aromatic heterocycles. The van der Waals surface area contributed by atoms with E-state index < -0.39 is 0 Å². The van der Waals surface area contributed by atoms with Crippen molar-refractivity contribution >= 4 is 17.9 Å². The first kappa shape index (κ1) is 13.1. The van der Waals surface area contributed by atoms with Crippen LogP contribution in [0.25, 0.3) is 0 Å². The van der Waals surface area contributed by atoms with Crippen LogP contribution in [0.4, 0.5) is 0 Å². The largest absolute Gasteiger partial charge is 0.298 e. The molecule has 2 rings (SSSR count). The summed E-state index contributed by atoms with van der Waals surface area (Å²) in [6, 6.07) is 0. The third-order valence-electron chi connectivity index (χ3n) is 5.37. The molecular weight excluding hydrogens is 232 g/mol. The van der Waals surface area contributed by atoms with Crippen molar-refractivity contribution in [2.24, 2.45) is 23.2 Å². The molecule has 17 heavy (non-hydrogen) atoms. The van der Waals surface area contributed by atoms with Crippen molar-refractivity contribution in [3.8, 4) is 0 Å². The molecule has 5 atom stereocenters. The van der Waals surface area contributed by atoms with E-state index in [4.69, 9.17) is 11.6 Å². The van der Waals surface area contributed by atoms with Gasteiger partial charge in [-0.25, -0.2) is 0 Å². The Labute approximate surface area is 110 Å². The van der Waals surface area contributed by atoms with Gasteiger partial charge in [0.1, 0.15) is 6.29 Å². The maximum absolute atomic E-state index is 10.9. The minimum atomic E-state index is 0.316. The second-order valence-corrected chi connectivity index (χ2v) is 6.90. The lowest BCUT2D eigenvalue weighted by Gasteiger charge is -2.52. The van der Waals surface area contributed by atoms with Crippen molar-refractivity contribution in [3.05, 3.63) is 12.2 Å². The molecule has 0 bridgehead atoms. The monoisotopic (exact) mass is 254 g/mol. The van der Waals surface area contributed by atoms with Crippen molar-refractivity contribution in [1.82, 2.24) is 0 Å². The second kappa shape index (κ2) is 4.76. The van der Waals surface area contributed by atoms with Crippen LogP contribution in [0.1, 0.15) is 46.0 Å². The zero-order valence-corrected chi connectivity index (χ0v) is 11.7. The normalized spacial score (nSPS) is 46.1. The average molecular weight is 255 g/mol. The Morgan fingerprint density at radius 2 is 2.06 bits per heavy atom. The molecule has 0 saturated heterocycles. The van der Waals surface area contributed by atoms with Crippen LogP contribution >= 0.6 is 11.6 Å². The van der Waals surface area contributed by atoms with Crippen molar-refractivity contribution in [2.75, 3.05) is 0 Å². The molecule has 0 aromatic carbocycles. The Hall–Kier alpha value is -0.300. The van der Waals surface area contributed by atoms with Crippen molar-refractivity contribution < 1.29 is 4.79 Å². The van der Waals surface area contributed by atoms with Crippen LogP contribution in [-0.4, -0.2) is 11.7 Å². The van der Waals surface area contributed by atoms with Gasteiger partial charge in [0.25, 0.3) is 0 Å². The van der Waals surface area contributed by atoms with Crippen LogP contribution in [-0.2, 0) is 4.79 Å². The molecule has 0 spiro atoms. The van der Waals surface area contributed by atoms with Gasteiger partial charge < -0.3 is 0 Å². The van der Waals surface area contributed by atoms with Crippen LogP contribution in [0.3, 0.4) is 0 Å². The van der Waals surface area contributed by atoms with Gasteiger partial charge in [-0.15, -0.1) is 11.6 Å². The maximum atomic E-state index is 10.9. The number of allylic oxidation sites excluding steroid dienone is 1. The topological polar surface area (TPSA) is 17.1 Å². The third kappa shape index (κ3) is 2.31. The predicted octanol–water partition coefficient (Wildman–Crippen LogP) is 4.20. The quantitative estimate of drug-likeness (QED) is 0.410. The summed E-state index contributed by atoms with van der Waals surface area (Å²) in [7, 11) is 0. The Morgan fingerprint density at radius 1 is 1.41 bits per heavy atom. The smallest absolute Gasteiger partial charge is 0.145 e. The Balaban J connectivity index is 2.15. The van der Waals surface area contributed by atoms with Gasteiger partial charge in [0, 0.05) is 5.38 Å². The number of carbonyl (C=O) groups excluding carboxylic acids is 1. The fourth-order valence-corrected chi connectivity index (χ4v) is 4.26. The van der Waals surface area contributed by atoms with E-state index in [1.54, 1.807) is 0 Å². The Morgan fingerprint density at radius 3 is 2.71 bits per heavy atom. The first-order valence-corrected chi connectivity index (χ1v) is 7.19. The fraction of sp³-hybridized carbons (Fsp3) is 0.800. The number of carbonyl (C=O) groups is 1. The lowest BCUT2D eigenvalue weighted by molar-refractivity contribution is -0.105. The van der Waals surface area contributed by atoms with Crippen LogP contribution < -0.4 is 0 Å². The first-order valence-electron chi connectivity index (χ1n) is 6.76. The van der Waals surface area contributed by atoms with Crippen molar-refractivity contribution in [3.63, 3.8) is 0 Å². The summed E-state index contributed by atoms with van der Waals surface area (Å²) in [5.74, 6) is 1.63. The highest BCUT2D eigenvalue weighted by atomic mass is 35.5. The average Bonchev–Trinajstić information content (AvgIpc) is 2.33. The summed E-state index contributed by atoms with van der Waals surface area (Å²) in [4.78, 5) is 10.9. The summed E-state index contributed by atoms with van der Waals surface area (Å²) in [5.41, 5.74) is 1.24. The summed E-state index contributed by atoms with van der Waals surface area (Å²) < 4.78 is 0. The molecule has 0 N–H and O–H groups in total. The van der Waals surface area contributed by atoms with E-state index in [9.17, 15) is 4.79 Å². The van der Waals surface area contributed by atoms with E-state index in [1.165, 1.54) is 12.8 Å². The van der Waals surface area contributed by atoms with Gasteiger partial charge >= 0.3 is 0 Å². The van der Waals surface area contributed by atoms with Gasteiger partial charge in [-0.1, -0.05) is 20.4 Å². The summed E-state index contributed by atoms with van der Waals surface area (Å²) in [5, 5.41) is 0.316. The van der Waals surface area contributed by atoms with Crippen LogP contribution in [0, 0.1) is 23.2 Å². The molecule has 0 amide bonds. The third-order valence-corrected chi connectivity index (χ3v) is 5.99. The minimum absolute atomic E-state index is 0.316. The number of aldehydes is 1. The van der Waals surface area contributed by atoms with Crippen molar-refractivity contribution in [2.45, 2.75) is 51.3 Å². The van der Waals surface area contributed by atoms with E-state index >= 15 is 0 Å². The first-order chi connectivity index (χ1) is 7.98. The summed E-state index contributed by atoms with van der Waals surface area (Å²) in [6.07, 6.45) is 6.80. The van der Waals surface area contributed by atoms with Crippen molar-refractivity contribution in [1.29, 1.82) is 0 Å². The molecule has 0 aliphatic heterocycles. The number of hydrogen-bond donors (Lipinski definition) is 0. The molecule has 1 nitrogen and oxygen atoms in total. The highest BCUT2D eigenvalue weighted by Gasteiger charge is 2.47. The zero-order chi connectivity index (χ0) is 12.6. The molecule has 2 fully saturated rings. The number of fused-ring (bicyclic) bond motifs is 1. The van der Waals surface area contributed by atoms with Gasteiger partial charge in [0.05, 0.1) is 0 Å². The fourth-order valence-electron chi connectivity index (χ4n) is 3.97. The molecule has 2 aliphatic rings. The van der Waals surface area contributed by atoms with E-state index in [-0.39, 0.29) is 0 Å².